The number of hydrogen-bond acceptors (Lipinski definition) is 7. The van der Waals surface area contributed by atoms with Gasteiger partial charge in [-0.2, -0.15) is 0 Å². The van der Waals surface area contributed by atoms with E-state index in [9.17, 15) is 15.0 Å². The molecule has 5 atom stereocenters. The number of pyridine rings is 1. The smallest absolute Gasteiger partial charge is 0.225 e. The Morgan fingerprint density at radius 1 is 1.32 bits per heavy atom. The van der Waals surface area contributed by atoms with E-state index in [1.807, 2.05) is 25.1 Å². The molecule has 3 aromatic rings. The molecule has 1 unspecified atom stereocenters. The molecule has 3 aromatic heterocycles. The SMILES string of the molecule is CCNC(=O)[C@H]1C[C@@H](n2cnc3c(NC(C)Cc4ccc(Cl)s4)ccnc32)[C@H](O)[C@@H]1O. The second-order valence-electron chi connectivity index (χ2n) is 7.92. The highest BCUT2D eigenvalue weighted by atomic mass is 35.5. The Hall–Kier alpha value is -2.20. The Morgan fingerprint density at radius 3 is 2.84 bits per heavy atom. The van der Waals surface area contributed by atoms with Crippen LogP contribution >= 0.6 is 22.9 Å². The quantitative estimate of drug-likeness (QED) is 0.428. The van der Waals surface area contributed by atoms with Crippen molar-refractivity contribution in [1.82, 2.24) is 19.9 Å². The maximum Gasteiger partial charge on any atom is 0.225 e. The molecule has 1 amide bonds. The number of aliphatic hydroxyl groups excluding tert-OH is 2. The Labute approximate surface area is 189 Å². The largest absolute Gasteiger partial charge is 0.390 e. The molecule has 166 valence electrons. The molecule has 4 N–H and O–H groups in total. The van der Waals surface area contributed by atoms with Gasteiger partial charge >= 0.3 is 0 Å². The third-order valence-corrected chi connectivity index (χ3v) is 6.95. The van der Waals surface area contributed by atoms with E-state index in [-0.39, 0.29) is 11.9 Å². The number of thiophene rings is 1. The van der Waals surface area contributed by atoms with Gasteiger partial charge in [0.2, 0.25) is 5.91 Å². The van der Waals surface area contributed by atoms with Crippen LogP contribution in [0, 0.1) is 5.92 Å². The van der Waals surface area contributed by atoms with Crippen molar-refractivity contribution in [3.05, 3.63) is 39.9 Å². The van der Waals surface area contributed by atoms with Crippen molar-refractivity contribution in [1.29, 1.82) is 0 Å². The fraction of sp³-hybridized carbons (Fsp3) is 0.476. The van der Waals surface area contributed by atoms with E-state index < -0.39 is 24.2 Å². The molecule has 0 radical (unpaired) electrons. The maximum absolute atomic E-state index is 12.3. The van der Waals surface area contributed by atoms with Crippen molar-refractivity contribution in [2.75, 3.05) is 11.9 Å². The lowest BCUT2D eigenvalue weighted by atomic mass is 10.0. The predicted molar refractivity (Wildman–Crippen MR) is 121 cm³/mol. The number of aromatic nitrogens is 3. The van der Waals surface area contributed by atoms with Crippen LogP contribution in [-0.2, 0) is 11.2 Å². The molecule has 1 saturated carbocycles. The van der Waals surface area contributed by atoms with E-state index in [2.05, 4.69) is 27.5 Å². The number of carbonyl (C=O) groups excluding carboxylic acids is 1. The van der Waals surface area contributed by atoms with Gasteiger partial charge in [0.15, 0.2) is 5.65 Å². The fourth-order valence-electron chi connectivity index (χ4n) is 4.22. The number of nitrogens with zero attached hydrogens (tertiary/aromatic N) is 3. The molecule has 0 saturated heterocycles. The van der Waals surface area contributed by atoms with Crippen LogP contribution in [0.15, 0.2) is 30.7 Å². The van der Waals surface area contributed by atoms with Crippen LogP contribution in [-0.4, -0.2) is 55.4 Å². The van der Waals surface area contributed by atoms with Gasteiger partial charge in [-0.05, 0) is 38.5 Å². The van der Waals surface area contributed by atoms with Crippen LogP contribution in [0.25, 0.3) is 11.2 Å². The highest BCUT2D eigenvalue weighted by Crippen LogP contribution is 2.37. The molecular formula is C21H26ClN5O3S. The van der Waals surface area contributed by atoms with Gasteiger partial charge in [-0.15, -0.1) is 11.3 Å². The number of halogens is 1. The molecular weight excluding hydrogens is 438 g/mol. The van der Waals surface area contributed by atoms with Crippen molar-refractivity contribution >= 4 is 45.7 Å². The van der Waals surface area contributed by atoms with E-state index in [4.69, 9.17) is 11.6 Å². The van der Waals surface area contributed by atoms with Crippen LogP contribution in [0.2, 0.25) is 4.34 Å². The number of carbonyl (C=O) groups is 1. The molecule has 31 heavy (non-hydrogen) atoms. The third kappa shape index (κ3) is 4.41. The molecule has 1 fully saturated rings. The van der Waals surface area contributed by atoms with E-state index >= 15 is 0 Å². The van der Waals surface area contributed by atoms with Gasteiger partial charge in [-0.3, -0.25) is 4.79 Å². The number of amides is 1. The number of aliphatic hydroxyl groups is 2. The summed E-state index contributed by atoms with van der Waals surface area (Å²) in [5.41, 5.74) is 2.12. The second-order valence-corrected chi connectivity index (χ2v) is 9.72. The first-order valence-electron chi connectivity index (χ1n) is 10.3. The number of anilines is 1. The summed E-state index contributed by atoms with van der Waals surface area (Å²) in [6, 6.07) is 5.46. The standard InChI is InChI=1S/C21H26ClN5O3S/c1-3-23-21(30)13-9-15(19(29)18(13)28)27-10-25-17-14(6-7-24-20(17)27)26-11(2)8-12-4-5-16(22)31-12/h4-7,10-11,13,15,18-19,28-29H,3,8-9H2,1-2H3,(H,23,30)(H,24,26)/t11?,13-,15+,18+,19-/m0/s1. The first kappa shape index (κ1) is 22.0. The zero-order valence-corrected chi connectivity index (χ0v) is 18.9. The fourth-order valence-corrected chi connectivity index (χ4v) is 5.44. The molecule has 0 aromatic carbocycles. The van der Waals surface area contributed by atoms with Crippen LogP contribution in [0.5, 0.6) is 0 Å². The summed E-state index contributed by atoms with van der Waals surface area (Å²) in [4.78, 5) is 22.4. The molecule has 0 spiro atoms. The summed E-state index contributed by atoms with van der Waals surface area (Å²) in [7, 11) is 0. The summed E-state index contributed by atoms with van der Waals surface area (Å²) >= 11 is 7.60. The summed E-state index contributed by atoms with van der Waals surface area (Å²) < 4.78 is 2.53. The normalized spacial score (nSPS) is 24.4. The number of nitrogens with one attached hydrogen (secondary N) is 2. The lowest BCUT2D eigenvalue weighted by Crippen LogP contribution is -2.38. The first-order chi connectivity index (χ1) is 14.9. The minimum Gasteiger partial charge on any atom is -0.390 e. The van der Waals surface area contributed by atoms with Gasteiger partial charge in [0.05, 0.1) is 34.4 Å². The molecule has 0 bridgehead atoms. The average Bonchev–Trinajstić information content (AvgIpc) is 3.41. The molecule has 1 aliphatic rings. The van der Waals surface area contributed by atoms with Crippen molar-refractivity contribution in [3.63, 3.8) is 0 Å². The Balaban J connectivity index is 1.55. The summed E-state index contributed by atoms with van der Waals surface area (Å²) in [6.07, 6.45) is 2.24. The first-order valence-corrected chi connectivity index (χ1v) is 11.5. The zero-order chi connectivity index (χ0) is 22.1. The molecule has 1 aliphatic carbocycles. The second kappa shape index (κ2) is 9.12. The Kier molecular flexibility index (Phi) is 6.47. The average molecular weight is 464 g/mol. The molecule has 4 rings (SSSR count). The maximum atomic E-state index is 12.3. The third-order valence-electron chi connectivity index (χ3n) is 5.70. The van der Waals surface area contributed by atoms with Crippen LogP contribution in [0.1, 0.15) is 31.2 Å². The lowest BCUT2D eigenvalue weighted by Gasteiger charge is -2.18. The van der Waals surface area contributed by atoms with Gasteiger partial charge in [0.25, 0.3) is 0 Å². The van der Waals surface area contributed by atoms with Crippen LogP contribution in [0.4, 0.5) is 5.69 Å². The molecule has 3 heterocycles. The van der Waals surface area contributed by atoms with Crippen molar-refractivity contribution in [3.8, 4) is 0 Å². The van der Waals surface area contributed by atoms with E-state index in [0.717, 1.165) is 16.4 Å². The number of rotatable bonds is 7. The minimum atomic E-state index is -1.13. The summed E-state index contributed by atoms with van der Waals surface area (Å²) in [5, 5.41) is 27.3. The highest BCUT2D eigenvalue weighted by Gasteiger charge is 2.46. The Bertz CT molecular complexity index is 1070. The van der Waals surface area contributed by atoms with Crippen LogP contribution < -0.4 is 10.6 Å². The van der Waals surface area contributed by atoms with Gasteiger partial charge in [-0.25, -0.2) is 9.97 Å². The lowest BCUT2D eigenvalue weighted by molar-refractivity contribution is -0.128. The van der Waals surface area contributed by atoms with Crippen molar-refractivity contribution < 1.29 is 15.0 Å². The molecule has 0 aliphatic heterocycles. The minimum absolute atomic E-state index is 0.145. The van der Waals surface area contributed by atoms with Crippen molar-refractivity contribution in [2.24, 2.45) is 5.92 Å². The summed E-state index contributed by atoms with van der Waals surface area (Å²) in [5.74, 6) is -0.921. The van der Waals surface area contributed by atoms with Crippen LogP contribution in [0.3, 0.4) is 0 Å². The Morgan fingerprint density at radius 2 is 2.13 bits per heavy atom. The summed E-state index contributed by atoms with van der Waals surface area (Å²) in [6.45, 7) is 4.39. The number of hydrogen-bond donors (Lipinski definition) is 4. The van der Waals surface area contributed by atoms with Gasteiger partial charge < -0.3 is 25.4 Å². The van der Waals surface area contributed by atoms with Crippen molar-refractivity contribution in [2.45, 2.75) is 51.0 Å². The van der Waals surface area contributed by atoms with E-state index in [1.165, 1.54) is 4.88 Å². The van der Waals surface area contributed by atoms with Gasteiger partial charge in [0.1, 0.15) is 11.6 Å². The molecule has 10 heteroatoms. The van der Waals surface area contributed by atoms with E-state index in [0.29, 0.717) is 24.1 Å². The van der Waals surface area contributed by atoms with Gasteiger partial charge in [0, 0.05) is 30.1 Å². The topological polar surface area (TPSA) is 112 Å². The highest BCUT2D eigenvalue weighted by molar-refractivity contribution is 7.16. The predicted octanol–water partition coefficient (Wildman–Crippen LogP) is 2.61. The van der Waals surface area contributed by atoms with Gasteiger partial charge in [-0.1, -0.05) is 11.6 Å². The number of imidazole rings is 1. The molecule has 8 nitrogen and oxygen atoms in total. The number of fused-ring (bicyclic) bond motifs is 1. The zero-order valence-electron chi connectivity index (χ0n) is 17.3. The monoisotopic (exact) mass is 463 g/mol. The van der Waals surface area contributed by atoms with E-state index in [1.54, 1.807) is 28.4 Å².